The van der Waals surface area contributed by atoms with Gasteiger partial charge in [-0.05, 0) is 90.7 Å². The first-order valence-corrected chi connectivity index (χ1v) is 14.0. The number of nitrogens with one attached hydrogen (secondary N) is 1. The van der Waals surface area contributed by atoms with E-state index >= 15 is 0 Å². The van der Waals surface area contributed by atoms with Gasteiger partial charge in [-0.2, -0.15) is 0 Å². The average molecular weight is 519 g/mol. The zero-order valence-electron chi connectivity index (χ0n) is 22.2. The molecule has 2 aromatic carbocycles. The third-order valence-corrected chi connectivity index (χ3v) is 10.4. The number of carbonyl (C=O) groups is 2. The van der Waals surface area contributed by atoms with Crippen LogP contribution in [0.5, 0.6) is 0 Å². The average Bonchev–Trinajstić information content (AvgIpc) is 3.30. The zero-order valence-corrected chi connectivity index (χ0v) is 22.2. The Kier molecular flexibility index (Phi) is 6.20. The fourth-order valence-electron chi connectivity index (χ4n) is 8.36. The molecule has 6 rings (SSSR count). The minimum atomic E-state index is -0.587. The lowest BCUT2D eigenvalue weighted by molar-refractivity contribution is -0.118. The van der Waals surface area contributed by atoms with Crippen LogP contribution in [0.2, 0.25) is 0 Å². The van der Waals surface area contributed by atoms with Crippen molar-refractivity contribution in [2.24, 2.45) is 28.6 Å². The summed E-state index contributed by atoms with van der Waals surface area (Å²) in [5.41, 5.74) is 2.36. The van der Waals surface area contributed by atoms with Gasteiger partial charge in [-0.3, -0.25) is 9.69 Å². The van der Waals surface area contributed by atoms with Crippen molar-refractivity contribution in [3.63, 3.8) is 0 Å². The van der Waals surface area contributed by atoms with Crippen molar-refractivity contribution in [3.05, 3.63) is 83.1 Å². The van der Waals surface area contributed by atoms with E-state index < -0.39 is 6.04 Å². The molecule has 2 aromatic rings. The third-order valence-electron chi connectivity index (χ3n) is 10.4. The predicted octanol–water partition coefficient (Wildman–Crippen LogP) is 7.17. The normalized spacial score (nSPS) is 32.3. The van der Waals surface area contributed by atoms with Crippen molar-refractivity contribution >= 4 is 11.8 Å². The molecule has 3 fully saturated rings. The summed E-state index contributed by atoms with van der Waals surface area (Å²) in [5.74, 6) is 0.790. The summed E-state index contributed by atoms with van der Waals surface area (Å²) in [7, 11) is 0. The van der Waals surface area contributed by atoms with Gasteiger partial charge in [0, 0.05) is 30.2 Å². The molecule has 0 spiro atoms. The Bertz CT molecular complexity index is 1230. The molecular weight excluding hydrogens is 482 g/mol. The molecule has 6 heteroatoms. The molecule has 200 valence electrons. The van der Waals surface area contributed by atoms with Crippen molar-refractivity contribution in [1.29, 1.82) is 0 Å². The maximum Gasteiger partial charge on any atom is 0.322 e. The Labute approximate surface area is 223 Å². The van der Waals surface area contributed by atoms with Crippen molar-refractivity contribution in [2.45, 2.75) is 64.8 Å². The minimum absolute atomic E-state index is 0.0730. The number of hydrogen-bond acceptors (Lipinski definition) is 2. The number of likely N-dealkylation sites (tertiary alicyclic amines) is 1. The number of halogens is 2. The highest BCUT2D eigenvalue weighted by Gasteiger charge is 2.58. The first-order chi connectivity index (χ1) is 18.2. The molecular formula is C32H36F2N2O2. The summed E-state index contributed by atoms with van der Waals surface area (Å²) < 4.78 is 27.5. The second kappa shape index (κ2) is 9.32. The van der Waals surface area contributed by atoms with Crippen LogP contribution in [-0.2, 0) is 4.79 Å². The number of urea groups is 1. The molecule has 2 saturated carbocycles. The molecule has 3 aliphatic carbocycles. The Morgan fingerprint density at radius 3 is 2.18 bits per heavy atom. The van der Waals surface area contributed by atoms with Crippen molar-refractivity contribution in [2.75, 3.05) is 6.54 Å². The quantitative estimate of drug-likeness (QED) is 0.469. The second-order valence-electron chi connectivity index (χ2n) is 12.5. The molecule has 0 unspecified atom stereocenters. The molecule has 0 bridgehead atoms. The lowest BCUT2D eigenvalue weighted by atomic mass is 9.50. The number of rotatable bonds is 3. The number of hydrogen-bond donors (Lipinski definition) is 1. The number of ketones is 1. The van der Waals surface area contributed by atoms with E-state index in [1.54, 1.807) is 30.3 Å². The number of carbonyl (C=O) groups excluding carboxylic acids is 2. The first kappa shape index (κ1) is 25.3. The summed E-state index contributed by atoms with van der Waals surface area (Å²) in [4.78, 5) is 28.6. The highest BCUT2D eigenvalue weighted by molar-refractivity contribution is 5.93. The molecule has 1 heterocycles. The topological polar surface area (TPSA) is 49.4 Å². The zero-order chi connectivity index (χ0) is 26.7. The number of nitrogens with zero attached hydrogens (tertiary/aromatic N) is 1. The highest BCUT2D eigenvalue weighted by Crippen LogP contribution is 2.64. The fourth-order valence-corrected chi connectivity index (χ4v) is 8.36. The third kappa shape index (κ3) is 4.17. The van der Waals surface area contributed by atoms with Gasteiger partial charge in [-0.25, -0.2) is 13.6 Å². The smallest absolute Gasteiger partial charge is 0.322 e. The number of amides is 2. The molecule has 1 N–H and O–H groups in total. The van der Waals surface area contributed by atoms with E-state index in [0.717, 1.165) is 18.5 Å². The molecule has 38 heavy (non-hydrogen) atoms. The van der Waals surface area contributed by atoms with Gasteiger partial charge < -0.3 is 5.32 Å². The van der Waals surface area contributed by atoms with Crippen LogP contribution in [0.1, 0.15) is 76.0 Å². The lowest BCUT2D eigenvalue weighted by Gasteiger charge is -2.59. The lowest BCUT2D eigenvalue weighted by Crippen LogP contribution is -2.59. The van der Waals surface area contributed by atoms with Gasteiger partial charge in [0.15, 0.2) is 5.78 Å². The predicted molar refractivity (Wildman–Crippen MR) is 142 cm³/mol. The summed E-state index contributed by atoms with van der Waals surface area (Å²) in [6.45, 7) is 5.30. The van der Waals surface area contributed by atoms with Gasteiger partial charge in [0.2, 0.25) is 0 Å². The summed E-state index contributed by atoms with van der Waals surface area (Å²) in [5, 5.41) is 3.18. The van der Waals surface area contributed by atoms with Crippen molar-refractivity contribution in [3.8, 4) is 0 Å². The van der Waals surface area contributed by atoms with E-state index in [4.69, 9.17) is 0 Å². The van der Waals surface area contributed by atoms with Crippen molar-refractivity contribution < 1.29 is 18.4 Å². The van der Waals surface area contributed by atoms with E-state index in [1.165, 1.54) is 49.9 Å². The molecule has 4 aliphatic rings. The Morgan fingerprint density at radius 2 is 1.55 bits per heavy atom. The number of allylic oxidation sites excluding steroid dienone is 2. The Hall–Kier alpha value is -3.02. The maximum absolute atomic E-state index is 14.2. The Morgan fingerprint density at radius 1 is 0.921 bits per heavy atom. The first-order valence-electron chi connectivity index (χ1n) is 14.0. The van der Waals surface area contributed by atoms with Crippen LogP contribution >= 0.6 is 0 Å². The van der Waals surface area contributed by atoms with E-state index in [9.17, 15) is 18.4 Å². The molecule has 1 saturated heterocycles. The summed E-state index contributed by atoms with van der Waals surface area (Å²) >= 11 is 0. The number of benzene rings is 2. The van der Waals surface area contributed by atoms with E-state index in [-0.39, 0.29) is 28.9 Å². The molecule has 4 nitrogen and oxygen atoms in total. The van der Waals surface area contributed by atoms with Crippen LogP contribution in [0.15, 0.2) is 60.3 Å². The van der Waals surface area contributed by atoms with E-state index in [0.29, 0.717) is 47.3 Å². The van der Waals surface area contributed by atoms with Crippen LogP contribution in [0.4, 0.5) is 13.6 Å². The van der Waals surface area contributed by atoms with E-state index in [1.807, 2.05) is 4.90 Å². The largest absolute Gasteiger partial charge is 0.327 e. The van der Waals surface area contributed by atoms with Crippen molar-refractivity contribution in [1.82, 2.24) is 10.2 Å². The van der Waals surface area contributed by atoms with Gasteiger partial charge in [0.25, 0.3) is 0 Å². The molecule has 0 radical (unpaired) electrons. The number of fused-ring (bicyclic) bond motifs is 5. The van der Waals surface area contributed by atoms with Gasteiger partial charge >= 0.3 is 6.03 Å². The van der Waals surface area contributed by atoms with Crippen LogP contribution in [-0.4, -0.2) is 23.3 Å². The molecule has 5 atom stereocenters. The second-order valence-corrected chi connectivity index (χ2v) is 12.5. The molecule has 1 aliphatic heterocycles. The minimum Gasteiger partial charge on any atom is -0.327 e. The van der Waals surface area contributed by atoms with Gasteiger partial charge in [-0.15, -0.1) is 0 Å². The molecule has 2 amide bonds. The van der Waals surface area contributed by atoms with Gasteiger partial charge in [0.1, 0.15) is 11.6 Å². The van der Waals surface area contributed by atoms with Gasteiger partial charge in [0.05, 0.1) is 6.04 Å². The SMILES string of the molecule is C[C@@]12CCC[C@H]1[C@@H]1CN(C(=O)NC(c3ccc(F)cc3)c3ccc(F)cc3)C3=CC(=O)CC[C@]3(C)[C@H]1CC2. The van der Waals surface area contributed by atoms with Crippen LogP contribution in [0, 0.1) is 40.2 Å². The standard InChI is InChI=1S/C32H36F2N2O2/c1-31-15-3-4-26(31)25-19-36(28-18-24(37)13-17-32(28,2)27(25)14-16-31)30(38)35-29(20-5-9-22(33)10-6-20)21-7-11-23(34)12-8-21/h5-12,18,25-27,29H,3-4,13-17,19H2,1-2H3,(H,35,38)/t25-,26-,27-,31-,32+/m0/s1. The van der Waals surface area contributed by atoms with Crippen LogP contribution in [0.25, 0.3) is 0 Å². The monoisotopic (exact) mass is 518 g/mol. The van der Waals surface area contributed by atoms with Gasteiger partial charge in [-0.1, -0.05) is 44.5 Å². The highest BCUT2D eigenvalue weighted by atomic mass is 19.1. The van der Waals surface area contributed by atoms with Crippen LogP contribution < -0.4 is 5.32 Å². The maximum atomic E-state index is 14.2. The number of piperidine rings is 1. The van der Waals surface area contributed by atoms with Crippen LogP contribution in [0.3, 0.4) is 0 Å². The van der Waals surface area contributed by atoms with E-state index in [2.05, 4.69) is 19.2 Å². The Balaban J connectivity index is 1.37. The summed E-state index contributed by atoms with van der Waals surface area (Å²) in [6, 6.07) is 11.2. The summed E-state index contributed by atoms with van der Waals surface area (Å²) in [6.07, 6.45) is 9.07. The molecule has 0 aromatic heterocycles. The fraction of sp³-hybridized carbons (Fsp3) is 0.500.